The number of hydrogen-bond donors (Lipinski definition) is 1. The Bertz CT molecular complexity index is 517. The lowest BCUT2D eigenvalue weighted by Crippen LogP contribution is -2.45. The van der Waals surface area contributed by atoms with E-state index < -0.39 is 5.82 Å². The summed E-state index contributed by atoms with van der Waals surface area (Å²) in [6.45, 7) is 1.31. The molecule has 0 radical (unpaired) electrons. The fourth-order valence-electron chi connectivity index (χ4n) is 2.27. The maximum absolute atomic E-state index is 13.5. The van der Waals surface area contributed by atoms with E-state index in [1.54, 1.807) is 17.0 Å². The van der Waals surface area contributed by atoms with Crippen molar-refractivity contribution >= 4 is 12.0 Å². The van der Waals surface area contributed by atoms with Gasteiger partial charge < -0.3 is 15.4 Å². The standard InChI is InChI=1S/C15H19FN2O2/c1-20-14-6-4-11(9-13(14)16)5-7-15(19)18-8-2-3-12(17)10-18/h4-7,9,12H,2-3,8,10,17H2,1H3. The van der Waals surface area contributed by atoms with Crippen molar-refractivity contribution in [3.8, 4) is 5.75 Å². The summed E-state index contributed by atoms with van der Waals surface area (Å²) >= 11 is 0. The predicted octanol–water partition coefficient (Wildman–Crippen LogP) is 1.80. The van der Waals surface area contributed by atoms with Crippen molar-refractivity contribution in [3.05, 3.63) is 35.7 Å². The Kier molecular flexibility index (Phi) is 4.74. The van der Waals surface area contributed by atoms with Gasteiger partial charge in [-0.25, -0.2) is 4.39 Å². The lowest BCUT2D eigenvalue weighted by Gasteiger charge is -2.29. The minimum absolute atomic E-state index is 0.0551. The summed E-state index contributed by atoms with van der Waals surface area (Å²) in [7, 11) is 1.41. The molecule has 1 heterocycles. The molecule has 0 aromatic heterocycles. The molecule has 1 fully saturated rings. The molecule has 1 unspecified atom stereocenters. The van der Waals surface area contributed by atoms with E-state index in [1.807, 2.05) is 0 Å². The van der Waals surface area contributed by atoms with Crippen LogP contribution in [0.4, 0.5) is 4.39 Å². The number of nitrogens with two attached hydrogens (primary N) is 1. The van der Waals surface area contributed by atoms with Gasteiger partial charge in [0.15, 0.2) is 11.6 Å². The van der Waals surface area contributed by atoms with Crippen LogP contribution in [0, 0.1) is 5.82 Å². The van der Waals surface area contributed by atoms with Crippen LogP contribution >= 0.6 is 0 Å². The summed E-state index contributed by atoms with van der Waals surface area (Å²) in [5, 5.41) is 0. The first-order valence-corrected chi connectivity index (χ1v) is 6.66. The molecule has 1 aliphatic heterocycles. The molecule has 0 bridgehead atoms. The second-order valence-corrected chi connectivity index (χ2v) is 4.91. The summed E-state index contributed by atoms with van der Waals surface area (Å²) in [4.78, 5) is 13.7. The lowest BCUT2D eigenvalue weighted by molar-refractivity contribution is -0.127. The number of rotatable bonds is 3. The van der Waals surface area contributed by atoms with Crippen LogP contribution in [0.3, 0.4) is 0 Å². The fraction of sp³-hybridized carbons (Fsp3) is 0.400. The number of hydrogen-bond acceptors (Lipinski definition) is 3. The third-order valence-electron chi connectivity index (χ3n) is 3.36. The Morgan fingerprint density at radius 1 is 1.55 bits per heavy atom. The first-order chi connectivity index (χ1) is 9.60. The highest BCUT2D eigenvalue weighted by Crippen LogP contribution is 2.18. The van der Waals surface area contributed by atoms with E-state index in [0.717, 1.165) is 19.4 Å². The highest BCUT2D eigenvalue weighted by molar-refractivity contribution is 5.91. The molecule has 1 saturated heterocycles. The van der Waals surface area contributed by atoms with Crippen LogP contribution in [0.25, 0.3) is 6.08 Å². The molecule has 2 N–H and O–H groups in total. The summed E-state index contributed by atoms with van der Waals surface area (Å²) < 4.78 is 18.4. The van der Waals surface area contributed by atoms with Gasteiger partial charge >= 0.3 is 0 Å². The van der Waals surface area contributed by atoms with Crippen LogP contribution in [-0.4, -0.2) is 37.0 Å². The smallest absolute Gasteiger partial charge is 0.246 e. The van der Waals surface area contributed by atoms with Crippen molar-refractivity contribution in [1.82, 2.24) is 4.90 Å². The zero-order valence-corrected chi connectivity index (χ0v) is 11.5. The monoisotopic (exact) mass is 278 g/mol. The SMILES string of the molecule is COc1ccc(C=CC(=O)N2CCCC(N)C2)cc1F. The van der Waals surface area contributed by atoms with E-state index in [0.29, 0.717) is 12.1 Å². The Balaban J connectivity index is 2.01. The summed E-state index contributed by atoms with van der Waals surface area (Å²) in [5.74, 6) is -0.339. The van der Waals surface area contributed by atoms with Gasteiger partial charge in [-0.3, -0.25) is 4.79 Å². The van der Waals surface area contributed by atoms with E-state index >= 15 is 0 Å². The van der Waals surface area contributed by atoms with Gasteiger partial charge in [-0.15, -0.1) is 0 Å². The van der Waals surface area contributed by atoms with Gasteiger partial charge in [-0.1, -0.05) is 6.07 Å². The van der Waals surface area contributed by atoms with Gasteiger partial charge in [0, 0.05) is 25.2 Å². The van der Waals surface area contributed by atoms with E-state index in [2.05, 4.69) is 0 Å². The third-order valence-corrected chi connectivity index (χ3v) is 3.36. The number of benzene rings is 1. The van der Waals surface area contributed by atoms with E-state index in [-0.39, 0.29) is 17.7 Å². The molecule has 5 heteroatoms. The molecule has 0 aliphatic carbocycles. The number of piperidine rings is 1. The Morgan fingerprint density at radius 3 is 3.00 bits per heavy atom. The number of ether oxygens (including phenoxy) is 1. The molecule has 0 saturated carbocycles. The fourth-order valence-corrected chi connectivity index (χ4v) is 2.27. The predicted molar refractivity (Wildman–Crippen MR) is 75.8 cm³/mol. The summed E-state index contributed by atoms with van der Waals surface area (Å²) in [6.07, 6.45) is 4.94. The van der Waals surface area contributed by atoms with E-state index in [9.17, 15) is 9.18 Å². The molecule has 1 aliphatic rings. The lowest BCUT2D eigenvalue weighted by atomic mass is 10.1. The second kappa shape index (κ2) is 6.52. The number of amides is 1. The van der Waals surface area contributed by atoms with Gasteiger partial charge in [0.25, 0.3) is 0 Å². The largest absolute Gasteiger partial charge is 0.494 e. The molecule has 1 aromatic carbocycles. The Hall–Kier alpha value is -1.88. The molecule has 108 valence electrons. The zero-order valence-electron chi connectivity index (χ0n) is 11.5. The number of nitrogens with zero attached hydrogens (tertiary/aromatic N) is 1. The first-order valence-electron chi connectivity index (χ1n) is 6.66. The molecular formula is C15H19FN2O2. The van der Waals surface area contributed by atoms with Gasteiger partial charge in [0.2, 0.25) is 5.91 Å². The first kappa shape index (κ1) is 14.5. The average Bonchev–Trinajstić information content (AvgIpc) is 2.45. The van der Waals surface area contributed by atoms with Crippen LogP contribution < -0.4 is 10.5 Å². The van der Waals surface area contributed by atoms with Gasteiger partial charge in [0.1, 0.15) is 0 Å². The highest BCUT2D eigenvalue weighted by atomic mass is 19.1. The van der Waals surface area contributed by atoms with E-state index in [4.69, 9.17) is 10.5 Å². The Labute approximate surface area is 118 Å². The van der Waals surface area contributed by atoms with Crippen LogP contribution in [0.1, 0.15) is 18.4 Å². The van der Waals surface area contributed by atoms with Crippen LogP contribution in [0.15, 0.2) is 24.3 Å². The molecule has 2 rings (SSSR count). The van der Waals surface area contributed by atoms with Crippen LogP contribution in [0.5, 0.6) is 5.75 Å². The summed E-state index contributed by atoms with van der Waals surface area (Å²) in [5.41, 5.74) is 6.46. The van der Waals surface area contributed by atoms with Crippen molar-refractivity contribution in [3.63, 3.8) is 0 Å². The second-order valence-electron chi connectivity index (χ2n) is 4.91. The van der Waals surface area contributed by atoms with Crippen LogP contribution in [0.2, 0.25) is 0 Å². The minimum Gasteiger partial charge on any atom is -0.494 e. The number of methoxy groups -OCH3 is 1. The molecule has 20 heavy (non-hydrogen) atoms. The number of carbonyl (C=O) groups is 1. The minimum atomic E-state index is -0.443. The third kappa shape index (κ3) is 3.57. The molecule has 4 nitrogen and oxygen atoms in total. The van der Waals surface area contributed by atoms with Crippen molar-refractivity contribution in [2.75, 3.05) is 20.2 Å². The maximum Gasteiger partial charge on any atom is 0.246 e. The number of likely N-dealkylation sites (tertiary alicyclic amines) is 1. The van der Waals surface area contributed by atoms with E-state index in [1.165, 1.54) is 25.3 Å². The van der Waals surface area contributed by atoms with Crippen LogP contribution in [-0.2, 0) is 4.79 Å². The van der Waals surface area contributed by atoms with Crippen molar-refractivity contribution in [1.29, 1.82) is 0 Å². The number of halogens is 1. The summed E-state index contributed by atoms with van der Waals surface area (Å²) in [6, 6.07) is 4.63. The maximum atomic E-state index is 13.5. The van der Waals surface area contributed by atoms with Crippen molar-refractivity contribution < 1.29 is 13.9 Å². The number of carbonyl (C=O) groups excluding carboxylic acids is 1. The molecule has 1 aromatic rings. The molecular weight excluding hydrogens is 259 g/mol. The van der Waals surface area contributed by atoms with Gasteiger partial charge in [0.05, 0.1) is 7.11 Å². The van der Waals surface area contributed by atoms with Gasteiger partial charge in [-0.05, 0) is 36.6 Å². The molecule has 0 spiro atoms. The molecule has 1 amide bonds. The van der Waals surface area contributed by atoms with Gasteiger partial charge in [-0.2, -0.15) is 0 Å². The normalized spacial score (nSPS) is 19.4. The topological polar surface area (TPSA) is 55.6 Å². The van der Waals surface area contributed by atoms with Crippen molar-refractivity contribution in [2.24, 2.45) is 5.73 Å². The quantitative estimate of drug-likeness (QED) is 0.858. The Morgan fingerprint density at radius 2 is 2.35 bits per heavy atom. The average molecular weight is 278 g/mol. The highest BCUT2D eigenvalue weighted by Gasteiger charge is 2.19. The zero-order chi connectivity index (χ0) is 14.5. The van der Waals surface area contributed by atoms with Crippen molar-refractivity contribution in [2.45, 2.75) is 18.9 Å². The molecule has 1 atom stereocenters.